The van der Waals surface area contributed by atoms with Crippen molar-refractivity contribution < 1.29 is 32.0 Å². The SMILES string of the molecule is COCc1nc(C2(C)CCCN(C(=O)NCc3ccc(OC(F)(F)F)cc3)C2)no1. The summed E-state index contributed by atoms with van der Waals surface area (Å²) >= 11 is 0. The lowest BCUT2D eigenvalue weighted by Gasteiger charge is -2.38. The number of urea groups is 1. The van der Waals surface area contributed by atoms with Gasteiger partial charge in [0.15, 0.2) is 5.82 Å². The maximum absolute atomic E-state index is 12.6. The Balaban J connectivity index is 1.56. The van der Waals surface area contributed by atoms with Crippen molar-refractivity contribution in [3.8, 4) is 5.75 Å². The van der Waals surface area contributed by atoms with Crippen molar-refractivity contribution in [2.24, 2.45) is 0 Å². The Hall–Kier alpha value is -2.82. The van der Waals surface area contributed by atoms with Crippen molar-refractivity contribution >= 4 is 6.03 Å². The minimum absolute atomic E-state index is 0.179. The first kappa shape index (κ1) is 21.9. The van der Waals surface area contributed by atoms with Crippen LogP contribution in [0.1, 0.15) is 37.0 Å². The molecular weight excluding hydrogens is 405 g/mol. The van der Waals surface area contributed by atoms with Gasteiger partial charge in [-0.1, -0.05) is 24.2 Å². The summed E-state index contributed by atoms with van der Waals surface area (Å²) in [5.74, 6) is 0.609. The predicted molar refractivity (Wildman–Crippen MR) is 98.5 cm³/mol. The van der Waals surface area contributed by atoms with E-state index < -0.39 is 11.8 Å². The fraction of sp³-hybridized carbons (Fsp3) is 0.526. The molecule has 1 saturated heterocycles. The maximum Gasteiger partial charge on any atom is 0.573 e. The van der Waals surface area contributed by atoms with Crippen LogP contribution >= 0.6 is 0 Å². The molecule has 1 N–H and O–H groups in total. The van der Waals surface area contributed by atoms with Gasteiger partial charge in [0.05, 0.1) is 0 Å². The molecule has 2 heterocycles. The van der Waals surface area contributed by atoms with Crippen molar-refractivity contribution in [2.45, 2.75) is 44.7 Å². The highest BCUT2D eigenvalue weighted by molar-refractivity contribution is 5.74. The summed E-state index contributed by atoms with van der Waals surface area (Å²) in [4.78, 5) is 18.7. The summed E-state index contributed by atoms with van der Waals surface area (Å²) in [6, 6.07) is 5.09. The second-order valence-electron chi connectivity index (χ2n) is 7.38. The number of likely N-dealkylation sites (tertiary alicyclic amines) is 1. The Morgan fingerprint density at radius 3 is 2.73 bits per heavy atom. The number of piperidine rings is 1. The zero-order chi connectivity index (χ0) is 21.8. The number of alkyl halides is 3. The van der Waals surface area contributed by atoms with Crippen LogP contribution in [-0.4, -0.2) is 47.6 Å². The number of methoxy groups -OCH3 is 1. The number of carbonyl (C=O) groups is 1. The molecular formula is C19H23F3N4O4. The molecule has 1 atom stereocenters. The van der Waals surface area contributed by atoms with Crippen molar-refractivity contribution in [2.75, 3.05) is 20.2 Å². The van der Waals surface area contributed by atoms with Crippen LogP contribution in [0.4, 0.5) is 18.0 Å². The summed E-state index contributed by atoms with van der Waals surface area (Å²) in [7, 11) is 1.54. The molecule has 1 aromatic carbocycles. The minimum Gasteiger partial charge on any atom is -0.406 e. The molecule has 1 aliphatic rings. The number of nitrogens with one attached hydrogen (secondary N) is 1. The molecule has 1 unspecified atom stereocenters. The van der Waals surface area contributed by atoms with Crippen LogP contribution in [0.5, 0.6) is 5.75 Å². The Kier molecular flexibility index (Phi) is 6.49. The fourth-order valence-corrected chi connectivity index (χ4v) is 3.38. The van der Waals surface area contributed by atoms with Gasteiger partial charge in [0.1, 0.15) is 12.4 Å². The van der Waals surface area contributed by atoms with Gasteiger partial charge in [-0.2, -0.15) is 4.98 Å². The van der Waals surface area contributed by atoms with Gasteiger partial charge in [-0.05, 0) is 30.5 Å². The van der Waals surface area contributed by atoms with Crippen LogP contribution in [-0.2, 0) is 23.3 Å². The van der Waals surface area contributed by atoms with Crippen LogP contribution in [0.2, 0.25) is 0 Å². The first-order valence-corrected chi connectivity index (χ1v) is 9.38. The van der Waals surface area contributed by atoms with E-state index in [1.54, 1.807) is 4.90 Å². The van der Waals surface area contributed by atoms with Gasteiger partial charge in [-0.15, -0.1) is 13.2 Å². The van der Waals surface area contributed by atoms with E-state index in [-0.39, 0.29) is 24.9 Å². The summed E-state index contributed by atoms with van der Waals surface area (Å²) in [6.45, 7) is 3.39. The van der Waals surface area contributed by atoms with Crippen LogP contribution in [0.3, 0.4) is 0 Å². The number of aromatic nitrogens is 2. The number of rotatable bonds is 6. The third kappa shape index (κ3) is 5.62. The van der Waals surface area contributed by atoms with Crippen molar-refractivity contribution in [1.29, 1.82) is 0 Å². The monoisotopic (exact) mass is 428 g/mol. The number of hydrogen-bond donors (Lipinski definition) is 1. The average molecular weight is 428 g/mol. The zero-order valence-corrected chi connectivity index (χ0v) is 16.7. The lowest BCUT2D eigenvalue weighted by molar-refractivity contribution is -0.274. The lowest BCUT2D eigenvalue weighted by atomic mass is 9.81. The Labute approximate surface area is 171 Å². The van der Waals surface area contributed by atoms with Crippen molar-refractivity contribution in [3.05, 3.63) is 41.5 Å². The molecule has 0 bridgehead atoms. The second-order valence-corrected chi connectivity index (χ2v) is 7.38. The summed E-state index contributed by atoms with van der Waals surface area (Å²) in [5.41, 5.74) is 0.210. The Morgan fingerprint density at radius 2 is 2.07 bits per heavy atom. The van der Waals surface area contributed by atoms with E-state index in [0.717, 1.165) is 12.8 Å². The number of ether oxygens (including phenoxy) is 2. The number of benzene rings is 1. The Bertz CT molecular complexity index is 856. The number of carbonyl (C=O) groups excluding carboxylic acids is 1. The quantitative estimate of drug-likeness (QED) is 0.759. The van der Waals surface area contributed by atoms with E-state index in [4.69, 9.17) is 9.26 Å². The molecule has 0 spiro atoms. The van der Waals surface area contributed by atoms with Crippen molar-refractivity contribution in [3.63, 3.8) is 0 Å². The molecule has 8 nitrogen and oxygen atoms in total. The third-order valence-corrected chi connectivity index (χ3v) is 4.86. The molecule has 0 aliphatic carbocycles. The van der Waals surface area contributed by atoms with Crippen LogP contribution in [0.25, 0.3) is 0 Å². The number of nitrogens with zero attached hydrogens (tertiary/aromatic N) is 3. The number of amides is 2. The Morgan fingerprint density at radius 1 is 1.33 bits per heavy atom. The molecule has 30 heavy (non-hydrogen) atoms. The van der Waals surface area contributed by atoms with Crippen molar-refractivity contribution in [1.82, 2.24) is 20.4 Å². The maximum atomic E-state index is 12.6. The van der Waals surface area contributed by atoms with Crippen LogP contribution in [0.15, 0.2) is 28.8 Å². The van der Waals surface area contributed by atoms with E-state index in [0.29, 0.717) is 30.4 Å². The van der Waals surface area contributed by atoms with Gasteiger partial charge in [-0.25, -0.2) is 4.79 Å². The topological polar surface area (TPSA) is 89.7 Å². The highest BCUT2D eigenvalue weighted by atomic mass is 19.4. The molecule has 0 saturated carbocycles. The predicted octanol–water partition coefficient (Wildman–Crippen LogP) is 3.38. The average Bonchev–Trinajstić information content (AvgIpc) is 3.16. The van der Waals surface area contributed by atoms with Gasteiger partial charge in [0.25, 0.3) is 5.89 Å². The van der Waals surface area contributed by atoms with Gasteiger partial charge in [-0.3, -0.25) is 0 Å². The zero-order valence-electron chi connectivity index (χ0n) is 16.7. The van der Waals surface area contributed by atoms with E-state index >= 15 is 0 Å². The standard InChI is InChI=1S/C19H23F3N4O4/c1-18(16-24-15(11-28-2)30-25-16)8-3-9-26(12-18)17(27)23-10-13-4-6-14(7-5-13)29-19(20,21)22/h4-7H,3,8-12H2,1-2H3,(H,23,27). The molecule has 3 rings (SSSR count). The molecule has 11 heteroatoms. The van der Waals surface area contributed by atoms with Gasteiger partial charge < -0.3 is 24.2 Å². The molecule has 164 valence electrons. The molecule has 0 radical (unpaired) electrons. The fourth-order valence-electron chi connectivity index (χ4n) is 3.38. The molecule has 1 aliphatic heterocycles. The van der Waals surface area contributed by atoms with E-state index in [1.165, 1.54) is 31.4 Å². The van der Waals surface area contributed by atoms with Crippen LogP contribution in [0, 0.1) is 0 Å². The van der Waals surface area contributed by atoms with Gasteiger partial charge >= 0.3 is 12.4 Å². The van der Waals surface area contributed by atoms with Gasteiger partial charge in [0.2, 0.25) is 0 Å². The third-order valence-electron chi connectivity index (χ3n) is 4.86. The highest BCUT2D eigenvalue weighted by Crippen LogP contribution is 2.32. The largest absolute Gasteiger partial charge is 0.573 e. The highest BCUT2D eigenvalue weighted by Gasteiger charge is 2.38. The normalized spacial score (nSPS) is 19.6. The molecule has 1 fully saturated rings. The minimum atomic E-state index is -4.74. The smallest absolute Gasteiger partial charge is 0.406 e. The lowest BCUT2D eigenvalue weighted by Crippen LogP contribution is -2.50. The second kappa shape index (κ2) is 8.90. The van der Waals surface area contributed by atoms with E-state index in [9.17, 15) is 18.0 Å². The van der Waals surface area contributed by atoms with Gasteiger partial charge in [0, 0.05) is 32.2 Å². The summed E-state index contributed by atoms with van der Waals surface area (Å²) in [6.07, 6.45) is -3.15. The first-order chi connectivity index (χ1) is 14.2. The number of hydrogen-bond acceptors (Lipinski definition) is 6. The van der Waals surface area contributed by atoms with E-state index in [1.807, 2.05) is 6.92 Å². The molecule has 1 aromatic heterocycles. The molecule has 2 amide bonds. The van der Waals surface area contributed by atoms with E-state index in [2.05, 4.69) is 20.2 Å². The number of halogens is 3. The van der Waals surface area contributed by atoms with Crippen LogP contribution < -0.4 is 10.1 Å². The summed E-state index contributed by atoms with van der Waals surface area (Å²) < 4.78 is 50.7. The molecule has 2 aromatic rings. The first-order valence-electron chi connectivity index (χ1n) is 9.38. The summed E-state index contributed by atoms with van der Waals surface area (Å²) in [5, 5.41) is 6.83.